The van der Waals surface area contributed by atoms with Crippen LogP contribution in [-0.4, -0.2) is 70.6 Å². The summed E-state index contributed by atoms with van der Waals surface area (Å²) in [5.74, 6) is 0.948. The van der Waals surface area contributed by atoms with Crippen molar-refractivity contribution in [3.63, 3.8) is 0 Å². The topological polar surface area (TPSA) is 73.8 Å². The summed E-state index contributed by atoms with van der Waals surface area (Å²) in [6.07, 6.45) is 0.581. The van der Waals surface area contributed by atoms with Crippen LogP contribution in [0, 0.1) is 5.82 Å². The lowest BCUT2D eigenvalue weighted by molar-refractivity contribution is 0.299. The van der Waals surface area contributed by atoms with Crippen molar-refractivity contribution in [3.05, 3.63) is 35.6 Å². The molecule has 0 aliphatic carbocycles. The molecule has 0 bridgehead atoms. The van der Waals surface area contributed by atoms with Crippen molar-refractivity contribution in [1.82, 2.24) is 15.5 Å². The molecule has 1 aliphatic heterocycles. The number of benzene rings is 1. The van der Waals surface area contributed by atoms with Crippen LogP contribution in [0.4, 0.5) is 4.39 Å². The van der Waals surface area contributed by atoms with E-state index in [1.807, 2.05) is 6.07 Å². The van der Waals surface area contributed by atoms with E-state index in [0.717, 1.165) is 6.54 Å². The molecule has 0 atom stereocenters. The summed E-state index contributed by atoms with van der Waals surface area (Å²) in [5.41, 5.74) is 0.676. The van der Waals surface area contributed by atoms with Gasteiger partial charge >= 0.3 is 0 Å². The third-order valence-corrected chi connectivity index (χ3v) is 5.63. The Morgan fingerprint density at radius 3 is 2.48 bits per heavy atom. The molecule has 1 aromatic carbocycles. The zero-order valence-electron chi connectivity index (χ0n) is 14.4. The first-order valence-electron chi connectivity index (χ1n) is 8.11. The molecule has 2 rings (SSSR count). The Bertz CT molecular complexity index is 656. The van der Waals surface area contributed by atoms with Gasteiger partial charge in [0.25, 0.3) is 0 Å². The molecule has 142 valence electrons. The van der Waals surface area contributed by atoms with Crippen molar-refractivity contribution >= 4 is 39.8 Å². The maximum atomic E-state index is 13.5. The Labute approximate surface area is 166 Å². The van der Waals surface area contributed by atoms with Crippen molar-refractivity contribution in [2.45, 2.75) is 6.42 Å². The van der Waals surface area contributed by atoms with Crippen molar-refractivity contribution in [2.75, 3.05) is 51.3 Å². The molecule has 25 heavy (non-hydrogen) atoms. The maximum Gasteiger partial charge on any atom is 0.191 e. The van der Waals surface area contributed by atoms with Crippen LogP contribution in [0.5, 0.6) is 0 Å². The lowest BCUT2D eigenvalue weighted by atomic mass is 10.1. The average molecular weight is 484 g/mol. The lowest BCUT2D eigenvalue weighted by Gasteiger charge is -2.26. The minimum atomic E-state index is -2.83. The Morgan fingerprint density at radius 2 is 1.84 bits per heavy atom. The average Bonchev–Trinajstić information content (AvgIpc) is 2.56. The number of nitrogens with one attached hydrogen (secondary N) is 2. The summed E-state index contributed by atoms with van der Waals surface area (Å²) < 4.78 is 36.3. The highest BCUT2D eigenvalue weighted by molar-refractivity contribution is 14.0. The molecule has 0 radical (unpaired) electrons. The van der Waals surface area contributed by atoms with Crippen LogP contribution in [-0.2, 0) is 16.3 Å². The van der Waals surface area contributed by atoms with E-state index < -0.39 is 9.84 Å². The first kappa shape index (κ1) is 22.1. The van der Waals surface area contributed by atoms with Gasteiger partial charge in [-0.2, -0.15) is 0 Å². The van der Waals surface area contributed by atoms with E-state index in [1.54, 1.807) is 19.2 Å². The van der Waals surface area contributed by atoms with Crippen LogP contribution in [0.1, 0.15) is 5.56 Å². The fourth-order valence-electron chi connectivity index (χ4n) is 2.54. The van der Waals surface area contributed by atoms with Crippen molar-refractivity contribution < 1.29 is 12.8 Å². The predicted molar refractivity (Wildman–Crippen MR) is 110 cm³/mol. The highest BCUT2D eigenvalue weighted by atomic mass is 127. The fourth-order valence-corrected chi connectivity index (χ4v) is 3.82. The number of hydrogen-bond acceptors (Lipinski definition) is 4. The normalized spacial score (nSPS) is 17.6. The quantitative estimate of drug-likeness (QED) is 0.357. The summed E-state index contributed by atoms with van der Waals surface area (Å²) in [4.78, 5) is 6.26. The van der Waals surface area contributed by atoms with Gasteiger partial charge in [-0.15, -0.1) is 24.0 Å². The smallest absolute Gasteiger partial charge is 0.191 e. The minimum Gasteiger partial charge on any atom is -0.356 e. The minimum absolute atomic E-state index is 0. The molecule has 6 nitrogen and oxygen atoms in total. The van der Waals surface area contributed by atoms with Crippen LogP contribution < -0.4 is 10.6 Å². The van der Waals surface area contributed by atoms with Gasteiger partial charge in [-0.25, -0.2) is 12.8 Å². The summed E-state index contributed by atoms with van der Waals surface area (Å²) in [6.45, 7) is 3.21. The molecule has 9 heteroatoms. The van der Waals surface area contributed by atoms with Gasteiger partial charge in [-0.3, -0.25) is 9.89 Å². The Kier molecular flexibility index (Phi) is 9.65. The van der Waals surface area contributed by atoms with Gasteiger partial charge < -0.3 is 10.6 Å². The summed E-state index contributed by atoms with van der Waals surface area (Å²) in [5, 5.41) is 6.35. The zero-order chi connectivity index (χ0) is 17.4. The Balaban J connectivity index is 0.00000312. The Morgan fingerprint density at radius 1 is 1.20 bits per heavy atom. The van der Waals surface area contributed by atoms with Gasteiger partial charge in [0.05, 0.1) is 11.5 Å². The summed E-state index contributed by atoms with van der Waals surface area (Å²) in [6, 6.07) is 6.74. The number of hydrogen-bond donors (Lipinski definition) is 2. The number of sulfone groups is 1. The van der Waals surface area contributed by atoms with E-state index in [0.29, 0.717) is 44.1 Å². The second-order valence-electron chi connectivity index (χ2n) is 5.76. The molecular weight excluding hydrogens is 458 g/mol. The molecule has 1 aliphatic rings. The number of aliphatic imine (C=N–C) groups is 1. The maximum absolute atomic E-state index is 13.5. The molecule has 0 aromatic heterocycles. The standard InChI is InChI=1S/C16H25FN4O2S.HI/c1-18-16(19-7-6-14-4-2-3-5-15(14)17)20-8-9-21-10-12-24(22,23)13-11-21;/h2-5H,6-13H2,1H3,(H2,18,19,20);1H. The number of rotatable bonds is 6. The molecule has 0 saturated carbocycles. The highest BCUT2D eigenvalue weighted by Gasteiger charge is 2.20. The van der Waals surface area contributed by atoms with E-state index in [4.69, 9.17) is 0 Å². The molecule has 2 N–H and O–H groups in total. The number of halogens is 2. The molecule has 1 aromatic rings. The monoisotopic (exact) mass is 484 g/mol. The van der Waals surface area contributed by atoms with E-state index in [-0.39, 0.29) is 41.3 Å². The molecular formula is C16H26FIN4O2S. The molecule has 0 spiro atoms. The van der Waals surface area contributed by atoms with Crippen molar-refractivity contribution in [3.8, 4) is 0 Å². The van der Waals surface area contributed by atoms with E-state index in [9.17, 15) is 12.8 Å². The molecule has 1 fully saturated rings. The van der Waals surface area contributed by atoms with Crippen LogP contribution in [0.25, 0.3) is 0 Å². The van der Waals surface area contributed by atoms with Gasteiger partial charge in [-0.05, 0) is 18.1 Å². The van der Waals surface area contributed by atoms with E-state index in [2.05, 4.69) is 20.5 Å². The van der Waals surface area contributed by atoms with Gasteiger partial charge in [0, 0.05) is 39.8 Å². The van der Waals surface area contributed by atoms with Crippen LogP contribution in [0.15, 0.2) is 29.3 Å². The Hall–Kier alpha value is -0.940. The second-order valence-corrected chi connectivity index (χ2v) is 8.06. The number of guanidine groups is 1. The first-order chi connectivity index (χ1) is 11.5. The van der Waals surface area contributed by atoms with Crippen molar-refractivity contribution in [1.29, 1.82) is 0 Å². The lowest BCUT2D eigenvalue weighted by Crippen LogP contribution is -2.46. The summed E-state index contributed by atoms with van der Waals surface area (Å²) >= 11 is 0. The van der Waals surface area contributed by atoms with Crippen LogP contribution in [0.2, 0.25) is 0 Å². The van der Waals surface area contributed by atoms with Crippen LogP contribution in [0.3, 0.4) is 0 Å². The second kappa shape index (κ2) is 10.9. The number of nitrogens with zero attached hydrogens (tertiary/aromatic N) is 2. The van der Waals surface area contributed by atoms with Crippen molar-refractivity contribution in [2.24, 2.45) is 4.99 Å². The molecule has 1 saturated heterocycles. The molecule has 0 amide bonds. The largest absolute Gasteiger partial charge is 0.356 e. The fraction of sp³-hybridized carbons (Fsp3) is 0.562. The summed E-state index contributed by atoms with van der Waals surface area (Å²) in [7, 11) is -1.15. The zero-order valence-corrected chi connectivity index (χ0v) is 17.5. The van der Waals surface area contributed by atoms with Gasteiger partial charge in [-0.1, -0.05) is 18.2 Å². The molecule has 1 heterocycles. The molecule has 0 unspecified atom stereocenters. The van der Waals surface area contributed by atoms with Crippen LogP contribution >= 0.6 is 24.0 Å². The highest BCUT2D eigenvalue weighted by Crippen LogP contribution is 2.06. The van der Waals surface area contributed by atoms with E-state index in [1.165, 1.54) is 6.07 Å². The SMILES string of the molecule is CN=C(NCCc1ccccc1F)NCCN1CCS(=O)(=O)CC1.I. The van der Waals surface area contributed by atoms with Gasteiger partial charge in [0.2, 0.25) is 0 Å². The third-order valence-electron chi connectivity index (χ3n) is 4.03. The third kappa shape index (κ3) is 7.87. The van der Waals surface area contributed by atoms with Gasteiger partial charge in [0.1, 0.15) is 5.82 Å². The van der Waals surface area contributed by atoms with Gasteiger partial charge in [0.15, 0.2) is 15.8 Å². The predicted octanol–water partition coefficient (Wildman–Crippen LogP) is 0.882. The first-order valence-corrected chi connectivity index (χ1v) is 9.93. The van der Waals surface area contributed by atoms with E-state index >= 15 is 0 Å².